The number of nitrogens with one attached hydrogen (secondary N) is 2. The molecule has 7 nitrogen and oxygen atoms in total. The number of H-pyrrole nitrogens is 1. The van der Waals surface area contributed by atoms with Gasteiger partial charge in [0.1, 0.15) is 0 Å². The van der Waals surface area contributed by atoms with Crippen LogP contribution in [-0.2, 0) is 4.79 Å². The van der Waals surface area contributed by atoms with Gasteiger partial charge in [-0.25, -0.2) is 0 Å². The molecule has 1 amide bonds. The highest BCUT2D eigenvalue weighted by Crippen LogP contribution is 2.40. The molecule has 0 aliphatic heterocycles. The van der Waals surface area contributed by atoms with E-state index < -0.39 is 11.7 Å². The summed E-state index contributed by atoms with van der Waals surface area (Å²) in [6.07, 6.45) is 1.48. The molecule has 1 aromatic heterocycles. The summed E-state index contributed by atoms with van der Waals surface area (Å²) in [6.45, 7) is 0. The second kappa shape index (κ2) is 7.59. The van der Waals surface area contributed by atoms with E-state index in [9.17, 15) is 9.59 Å². The van der Waals surface area contributed by atoms with Gasteiger partial charge in [0.05, 0.1) is 26.9 Å². The minimum absolute atomic E-state index is 0.234. The van der Waals surface area contributed by atoms with Crippen molar-refractivity contribution in [2.75, 3.05) is 26.6 Å². The molecule has 2 aromatic carbocycles. The van der Waals surface area contributed by atoms with Crippen LogP contribution >= 0.6 is 11.6 Å². The normalized spacial score (nSPS) is 10.5. The Hall–Kier alpha value is -3.19. The van der Waals surface area contributed by atoms with E-state index >= 15 is 0 Å². The predicted molar refractivity (Wildman–Crippen MR) is 102 cm³/mol. The molecule has 3 aromatic rings. The molecule has 0 saturated heterocycles. The number of hydrogen-bond acceptors (Lipinski definition) is 5. The topological polar surface area (TPSA) is 89.7 Å². The third kappa shape index (κ3) is 3.54. The van der Waals surface area contributed by atoms with Crippen molar-refractivity contribution in [3.63, 3.8) is 0 Å². The molecule has 3 rings (SSSR count). The molecule has 0 atom stereocenters. The molecular weight excluding hydrogens is 372 g/mol. The van der Waals surface area contributed by atoms with Gasteiger partial charge in [0.25, 0.3) is 11.7 Å². The van der Waals surface area contributed by atoms with Gasteiger partial charge >= 0.3 is 0 Å². The van der Waals surface area contributed by atoms with Gasteiger partial charge in [0.2, 0.25) is 5.75 Å². The number of aromatic amines is 1. The quantitative estimate of drug-likeness (QED) is 0.496. The highest BCUT2D eigenvalue weighted by atomic mass is 35.5. The molecule has 2 N–H and O–H groups in total. The molecule has 0 aliphatic carbocycles. The fraction of sp³-hybridized carbons (Fsp3) is 0.158. The Kier molecular flexibility index (Phi) is 5.23. The maximum absolute atomic E-state index is 12.6. The Morgan fingerprint density at radius 1 is 1.00 bits per heavy atom. The molecule has 27 heavy (non-hydrogen) atoms. The first kappa shape index (κ1) is 18.6. The lowest BCUT2D eigenvalue weighted by atomic mass is 10.1. The molecule has 140 valence electrons. The van der Waals surface area contributed by atoms with Gasteiger partial charge in [-0.3, -0.25) is 9.59 Å². The molecule has 0 radical (unpaired) electrons. The second-order valence-corrected chi connectivity index (χ2v) is 6.03. The van der Waals surface area contributed by atoms with Crippen molar-refractivity contribution in [3.05, 3.63) is 47.1 Å². The zero-order chi connectivity index (χ0) is 19.6. The summed E-state index contributed by atoms with van der Waals surface area (Å²) in [6, 6.07) is 8.15. The number of fused-ring (bicyclic) bond motifs is 1. The average molecular weight is 389 g/mol. The smallest absolute Gasteiger partial charge is 0.296 e. The zero-order valence-corrected chi connectivity index (χ0v) is 15.6. The number of amides is 1. The number of hydrogen-bond donors (Lipinski definition) is 2. The van der Waals surface area contributed by atoms with Gasteiger partial charge in [-0.15, -0.1) is 0 Å². The van der Waals surface area contributed by atoms with Crippen molar-refractivity contribution >= 4 is 39.9 Å². The second-order valence-electron chi connectivity index (χ2n) is 5.59. The Balaban J connectivity index is 1.90. The predicted octanol–water partition coefficient (Wildman–Crippen LogP) is 3.67. The first-order valence-electron chi connectivity index (χ1n) is 7.90. The van der Waals surface area contributed by atoms with Crippen LogP contribution < -0.4 is 19.5 Å². The number of halogens is 1. The number of ketones is 1. The van der Waals surface area contributed by atoms with E-state index in [2.05, 4.69) is 10.3 Å². The van der Waals surface area contributed by atoms with Crippen LogP contribution in [0, 0.1) is 0 Å². The molecular formula is C19H17ClN2O5. The number of benzene rings is 2. The summed E-state index contributed by atoms with van der Waals surface area (Å²) in [5.74, 6) is -0.394. The van der Waals surface area contributed by atoms with Crippen LogP contribution in [0.4, 0.5) is 5.69 Å². The number of anilines is 1. The Labute approximate surface area is 160 Å². The Morgan fingerprint density at radius 3 is 2.26 bits per heavy atom. The summed E-state index contributed by atoms with van der Waals surface area (Å²) in [4.78, 5) is 28.0. The highest BCUT2D eigenvalue weighted by molar-refractivity contribution is 6.48. The van der Waals surface area contributed by atoms with Gasteiger partial charge in [-0.05, 0) is 18.2 Å². The van der Waals surface area contributed by atoms with Gasteiger partial charge in [0, 0.05) is 39.9 Å². The molecule has 0 saturated carbocycles. The van der Waals surface area contributed by atoms with E-state index in [4.69, 9.17) is 25.8 Å². The standard InChI is InChI=1S/C19H17ClN2O5/c1-25-15-7-11(8-16(26-2)18(15)27-3)22-19(24)17(23)13-9-21-14-5-4-10(20)6-12(13)14/h4-9,21H,1-3H3,(H,22,24). The van der Waals surface area contributed by atoms with E-state index in [-0.39, 0.29) is 5.56 Å². The van der Waals surface area contributed by atoms with Crippen molar-refractivity contribution in [3.8, 4) is 17.2 Å². The third-order valence-corrected chi connectivity index (χ3v) is 4.25. The zero-order valence-electron chi connectivity index (χ0n) is 14.9. The first-order chi connectivity index (χ1) is 13.0. The van der Waals surface area contributed by atoms with Crippen molar-refractivity contribution in [2.24, 2.45) is 0 Å². The number of Topliss-reactive ketones (excluding diaryl/α,β-unsaturated/α-hetero) is 1. The molecule has 0 fully saturated rings. The minimum Gasteiger partial charge on any atom is -0.493 e. The lowest BCUT2D eigenvalue weighted by molar-refractivity contribution is -0.112. The number of ether oxygens (including phenoxy) is 3. The van der Waals surface area contributed by atoms with Crippen molar-refractivity contribution < 1.29 is 23.8 Å². The van der Waals surface area contributed by atoms with Crippen molar-refractivity contribution in [1.29, 1.82) is 0 Å². The SMILES string of the molecule is COc1cc(NC(=O)C(=O)c2c[nH]c3ccc(Cl)cc23)cc(OC)c1OC. The highest BCUT2D eigenvalue weighted by Gasteiger charge is 2.22. The van der Waals surface area contributed by atoms with Crippen LogP contribution in [0.25, 0.3) is 10.9 Å². The van der Waals surface area contributed by atoms with E-state index in [0.29, 0.717) is 38.9 Å². The summed E-state index contributed by atoms with van der Waals surface area (Å²) in [5, 5.41) is 3.61. The number of carbonyl (C=O) groups excluding carboxylic acids is 2. The van der Waals surface area contributed by atoms with Crippen molar-refractivity contribution in [1.82, 2.24) is 4.98 Å². The van der Waals surface area contributed by atoms with Gasteiger partial charge in [-0.2, -0.15) is 0 Å². The van der Waals surface area contributed by atoms with E-state index in [1.54, 1.807) is 30.3 Å². The Bertz CT molecular complexity index is 1000. The molecule has 0 unspecified atom stereocenters. The maximum atomic E-state index is 12.6. The third-order valence-electron chi connectivity index (χ3n) is 4.02. The number of methoxy groups -OCH3 is 3. The van der Waals surface area contributed by atoms with Crippen LogP contribution in [0.5, 0.6) is 17.2 Å². The maximum Gasteiger partial charge on any atom is 0.296 e. The van der Waals surface area contributed by atoms with Crippen LogP contribution in [0.2, 0.25) is 5.02 Å². The number of aromatic nitrogens is 1. The molecule has 0 bridgehead atoms. The Morgan fingerprint density at radius 2 is 1.67 bits per heavy atom. The molecule has 8 heteroatoms. The lowest BCUT2D eigenvalue weighted by Gasteiger charge is -2.14. The monoisotopic (exact) mass is 388 g/mol. The van der Waals surface area contributed by atoms with Crippen LogP contribution in [0.3, 0.4) is 0 Å². The van der Waals surface area contributed by atoms with Crippen LogP contribution in [0.1, 0.15) is 10.4 Å². The van der Waals surface area contributed by atoms with Crippen LogP contribution in [0.15, 0.2) is 36.5 Å². The number of rotatable bonds is 6. The summed E-state index contributed by atoms with van der Waals surface area (Å²) in [7, 11) is 4.40. The summed E-state index contributed by atoms with van der Waals surface area (Å²) in [5.41, 5.74) is 1.28. The van der Waals surface area contributed by atoms with E-state index in [0.717, 1.165) is 0 Å². The number of carbonyl (C=O) groups is 2. The van der Waals surface area contributed by atoms with Crippen LogP contribution in [-0.4, -0.2) is 38.0 Å². The fourth-order valence-corrected chi connectivity index (χ4v) is 2.92. The molecule has 1 heterocycles. The van der Waals surface area contributed by atoms with E-state index in [1.807, 2.05) is 0 Å². The molecule has 0 aliphatic rings. The van der Waals surface area contributed by atoms with Gasteiger partial charge in [0.15, 0.2) is 11.5 Å². The lowest BCUT2D eigenvalue weighted by Crippen LogP contribution is -2.22. The molecule has 0 spiro atoms. The largest absolute Gasteiger partial charge is 0.493 e. The summed E-state index contributed by atoms with van der Waals surface area (Å²) >= 11 is 5.99. The van der Waals surface area contributed by atoms with Gasteiger partial charge < -0.3 is 24.5 Å². The van der Waals surface area contributed by atoms with E-state index in [1.165, 1.54) is 27.5 Å². The van der Waals surface area contributed by atoms with Crippen molar-refractivity contribution in [2.45, 2.75) is 0 Å². The first-order valence-corrected chi connectivity index (χ1v) is 8.28. The summed E-state index contributed by atoms with van der Waals surface area (Å²) < 4.78 is 15.7. The minimum atomic E-state index is -0.801. The van der Waals surface area contributed by atoms with Gasteiger partial charge in [-0.1, -0.05) is 11.6 Å². The fourth-order valence-electron chi connectivity index (χ4n) is 2.74. The average Bonchev–Trinajstić information content (AvgIpc) is 3.09.